The van der Waals surface area contributed by atoms with Gasteiger partial charge in [-0.2, -0.15) is 0 Å². The first-order valence-corrected chi connectivity index (χ1v) is 7.81. The van der Waals surface area contributed by atoms with Crippen LogP contribution in [-0.4, -0.2) is 22.2 Å². The Kier molecular flexibility index (Phi) is 4.27. The van der Waals surface area contributed by atoms with Crippen molar-refractivity contribution in [3.63, 3.8) is 0 Å². The van der Waals surface area contributed by atoms with E-state index in [1.807, 2.05) is 30.7 Å². The Morgan fingerprint density at radius 2 is 1.92 bits per heavy atom. The second kappa shape index (κ2) is 6.37. The largest absolute Gasteiger partial charge is 0.504 e. The van der Waals surface area contributed by atoms with Crippen molar-refractivity contribution in [2.24, 2.45) is 12.8 Å². The Balaban J connectivity index is 2.05. The van der Waals surface area contributed by atoms with Crippen LogP contribution < -0.4 is 10.5 Å². The van der Waals surface area contributed by atoms with Crippen LogP contribution >= 0.6 is 0 Å². The average molecular weight is 324 g/mol. The summed E-state index contributed by atoms with van der Waals surface area (Å²) in [6.07, 6.45) is 0.646. The van der Waals surface area contributed by atoms with Gasteiger partial charge in [-0.1, -0.05) is 18.2 Å². The van der Waals surface area contributed by atoms with Crippen molar-refractivity contribution >= 4 is 16.9 Å². The van der Waals surface area contributed by atoms with Gasteiger partial charge in [-0.05, 0) is 49.7 Å². The SMILES string of the molecule is Cc1c(CCN)c2c(O)c(OC(=O)c3ccccc3)ccc2n1C. The molecule has 5 heteroatoms. The molecule has 0 unspecified atom stereocenters. The number of hydrogen-bond acceptors (Lipinski definition) is 4. The quantitative estimate of drug-likeness (QED) is 0.571. The van der Waals surface area contributed by atoms with E-state index in [9.17, 15) is 9.90 Å². The summed E-state index contributed by atoms with van der Waals surface area (Å²) in [6.45, 7) is 2.47. The predicted molar refractivity (Wildman–Crippen MR) is 93.5 cm³/mol. The van der Waals surface area contributed by atoms with E-state index in [-0.39, 0.29) is 11.5 Å². The van der Waals surface area contributed by atoms with Gasteiger partial charge in [-0.15, -0.1) is 0 Å². The molecular weight excluding hydrogens is 304 g/mol. The first-order valence-electron chi connectivity index (χ1n) is 7.81. The minimum atomic E-state index is -0.502. The number of aryl methyl sites for hydroxylation is 1. The Hall–Kier alpha value is -2.79. The number of phenols is 1. The molecule has 3 N–H and O–H groups in total. The Labute approximate surface area is 140 Å². The van der Waals surface area contributed by atoms with Crippen LogP contribution in [0.1, 0.15) is 21.6 Å². The molecule has 0 fully saturated rings. The number of nitrogens with zero attached hydrogens (tertiary/aromatic N) is 1. The number of carbonyl (C=O) groups is 1. The molecule has 0 radical (unpaired) electrons. The highest BCUT2D eigenvalue weighted by Crippen LogP contribution is 2.39. The summed E-state index contributed by atoms with van der Waals surface area (Å²) in [5.74, 6) is -0.373. The van der Waals surface area contributed by atoms with Gasteiger partial charge in [0.15, 0.2) is 11.5 Å². The molecule has 0 spiro atoms. The molecule has 1 heterocycles. The Bertz CT molecular complexity index is 898. The van der Waals surface area contributed by atoms with Crippen LogP contribution in [0.2, 0.25) is 0 Å². The Morgan fingerprint density at radius 1 is 1.21 bits per heavy atom. The molecule has 2 aromatic carbocycles. The standard InChI is InChI=1S/C19H20N2O3/c1-12-14(10-11-20)17-15(21(12)2)8-9-16(18(17)22)24-19(23)13-6-4-3-5-7-13/h3-9,22H,10-11,20H2,1-2H3. The second-order valence-corrected chi connectivity index (χ2v) is 5.72. The first-order chi connectivity index (χ1) is 11.5. The summed E-state index contributed by atoms with van der Waals surface area (Å²) in [4.78, 5) is 12.2. The maximum absolute atomic E-state index is 12.2. The fourth-order valence-corrected chi connectivity index (χ4v) is 2.97. The summed E-state index contributed by atoms with van der Waals surface area (Å²) in [5, 5.41) is 11.4. The van der Waals surface area contributed by atoms with Gasteiger partial charge in [0.25, 0.3) is 0 Å². The van der Waals surface area contributed by atoms with Gasteiger partial charge in [-0.25, -0.2) is 4.79 Å². The number of hydrogen-bond donors (Lipinski definition) is 2. The van der Waals surface area contributed by atoms with E-state index in [4.69, 9.17) is 10.5 Å². The monoisotopic (exact) mass is 324 g/mol. The van der Waals surface area contributed by atoms with E-state index in [0.717, 1.165) is 16.8 Å². The van der Waals surface area contributed by atoms with Crippen LogP contribution in [0, 0.1) is 6.92 Å². The van der Waals surface area contributed by atoms with Gasteiger partial charge in [-0.3, -0.25) is 0 Å². The smallest absolute Gasteiger partial charge is 0.343 e. The number of fused-ring (bicyclic) bond motifs is 1. The van der Waals surface area contributed by atoms with Gasteiger partial charge >= 0.3 is 5.97 Å². The lowest BCUT2D eigenvalue weighted by atomic mass is 10.1. The third-order valence-electron chi connectivity index (χ3n) is 4.33. The Morgan fingerprint density at radius 3 is 2.58 bits per heavy atom. The van der Waals surface area contributed by atoms with Crippen molar-refractivity contribution < 1.29 is 14.6 Å². The third kappa shape index (κ3) is 2.63. The van der Waals surface area contributed by atoms with Gasteiger partial charge in [0.2, 0.25) is 0 Å². The zero-order valence-corrected chi connectivity index (χ0v) is 13.7. The van der Waals surface area contributed by atoms with Crippen LogP contribution in [0.5, 0.6) is 11.5 Å². The molecule has 124 valence electrons. The highest BCUT2D eigenvalue weighted by molar-refractivity contribution is 5.96. The number of nitrogens with two attached hydrogens (primary N) is 1. The molecule has 0 amide bonds. The number of carbonyl (C=O) groups excluding carboxylic acids is 1. The maximum atomic E-state index is 12.2. The molecule has 0 aliphatic carbocycles. The lowest BCUT2D eigenvalue weighted by Crippen LogP contribution is -2.08. The summed E-state index contributed by atoms with van der Waals surface area (Å²) in [7, 11) is 1.94. The van der Waals surface area contributed by atoms with Gasteiger partial charge < -0.3 is 20.1 Å². The van der Waals surface area contributed by atoms with E-state index in [2.05, 4.69) is 0 Å². The number of benzene rings is 2. The van der Waals surface area contributed by atoms with Crippen molar-refractivity contribution in [2.45, 2.75) is 13.3 Å². The number of phenolic OH excluding ortho intramolecular Hbond substituents is 1. The number of ether oxygens (including phenoxy) is 1. The van der Waals surface area contributed by atoms with E-state index in [0.29, 0.717) is 23.9 Å². The average Bonchev–Trinajstić information content (AvgIpc) is 2.84. The predicted octanol–water partition coefficient (Wildman–Crippen LogP) is 2.91. The van der Waals surface area contributed by atoms with Gasteiger partial charge in [0, 0.05) is 18.1 Å². The van der Waals surface area contributed by atoms with E-state index in [1.54, 1.807) is 30.3 Å². The third-order valence-corrected chi connectivity index (χ3v) is 4.33. The van der Waals surface area contributed by atoms with E-state index >= 15 is 0 Å². The molecule has 24 heavy (non-hydrogen) atoms. The summed E-state index contributed by atoms with van der Waals surface area (Å²) in [6, 6.07) is 12.2. The van der Waals surface area contributed by atoms with Crippen molar-refractivity contribution in [1.29, 1.82) is 0 Å². The number of rotatable bonds is 4. The number of aromatic hydroxyl groups is 1. The zero-order valence-electron chi connectivity index (χ0n) is 13.7. The van der Waals surface area contributed by atoms with Crippen LogP contribution in [-0.2, 0) is 13.5 Å². The second-order valence-electron chi connectivity index (χ2n) is 5.72. The highest BCUT2D eigenvalue weighted by Gasteiger charge is 2.19. The molecule has 0 saturated carbocycles. The van der Waals surface area contributed by atoms with Gasteiger partial charge in [0.1, 0.15) is 0 Å². The first kappa shape index (κ1) is 16.1. The molecule has 1 aromatic heterocycles. The highest BCUT2D eigenvalue weighted by atomic mass is 16.5. The molecule has 0 aliphatic heterocycles. The minimum Gasteiger partial charge on any atom is -0.504 e. The van der Waals surface area contributed by atoms with Crippen LogP contribution in [0.25, 0.3) is 10.9 Å². The topological polar surface area (TPSA) is 77.5 Å². The van der Waals surface area contributed by atoms with Crippen molar-refractivity contribution in [3.8, 4) is 11.5 Å². The van der Waals surface area contributed by atoms with Gasteiger partial charge in [0.05, 0.1) is 11.1 Å². The van der Waals surface area contributed by atoms with Crippen molar-refractivity contribution in [1.82, 2.24) is 4.57 Å². The molecule has 3 rings (SSSR count). The number of esters is 1. The van der Waals surface area contributed by atoms with Crippen LogP contribution in [0.15, 0.2) is 42.5 Å². The van der Waals surface area contributed by atoms with E-state index < -0.39 is 5.97 Å². The molecule has 0 bridgehead atoms. The van der Waals surface area contributed by atoms with Crippen molar-refractivity contribution in [3.05, 3.63) is 59.3 Å². The summed E-state index contributed by atoms with van der Waals surface area (Å²) < 4.78 is 7.39. The summed E-state index contributed by atoms with van der Waals surface area (Å²) >= 11 is 0. The minimum absolute atomic E-state index is 0.0241. The lowest BCUT2D eigenvalue weighted by Gasteiger charge is -2.08. The molecular formula is C19H20N2O3. The lowest BCUT2D eigenvalue weighted by molar-refractivity contribution is 0.0730. The van der Waals surface area contributed by atoms with Crippen LogP contribution in [0.4, 0.5) is 0 Å². The molecule has 0 aliphatic rings. The summed E-state index contributed by atoms with van der Waals surface area (Å²) in [5.41, 5.74) is 9.03. The fraction of sp³-hybridized carbons (Fsp3) is 0.211. The zero-order chi connectivity index (χ0) is 17.3. The fourth-order valence-electron chi connectivity index (χ4n) is 2.97. The molecule has 3 aromatic rings. The van der Waals surface area contributed by atoms with Crippen LogP contribution in [0.3, 0.4) is 0 Å². The van der Waals surface area contributed by atoms with E-state index in [1.165, 1.54) is 0 Å². The number of aromatic nitrogens is 1. The maximum Gasteiger partial charge on any atom is 0.343 e. The molecule has 0 atom stereocenters. The normalized spacial score (nSPS) is 11.0. The molecule has 5 nitrogen and oxygen atoms in total. The molecule has 0 saturated heterocycles. The van der Waals surface area contributed by atoms with Crippen molar-refractivity contribution in [2.75, 3.05) is 6.54 Å².